The second-order valence-corrected chi connectivity index (χ2v) is 5.99. The van der Waals surface area contributed by atoms with E-state index in [-0.39, 0.29) is 18.1 Å². The number of rotatable bonds is 5. The molecule has 1 atom stereocenters. The van der Waals surface area contributed by atoms with E-state index >= 15 is 0 Å². The van der Waals surface area contributed by atoms with Crippen LogP contribution in [-0.4, -0.2) is 37.8 Å². The number of aliphatic hydroxyl groups excluding tert-OH is 1. The van der Waals surface area contributed by atoms with Crippen LogP contribution in [0.5, 0.6) is 5.75 Å². The standard InChI is InChI=1S/C16H25NO2/c1-12-6-7-14(19-4)13(10-12)15(17(2)3)16(11-18)8-5-9-16/h6-7,10,15,18H,5,8-9,11H2,1-4H3. The summed E-state index contributed by atoms with van der Waals surface area (Å²) < 4.78 is 5.53. The summed E-state index contributed by atoms with van der Waals surface area (Å²) in [6, 6.07) is 6.51. The van der Waals surface area contributed by atoms with E-state index in [0.29, 0.717) is 0 Å². The molecule has 0 saturated heterocycles. The Bertz CT molecular complexity index is 433. The molecule has 19 heavy (non-hydrogen) atoms. The fourth-order valence-electron chi connectivity index (χ4n) is 3.37. The van der Waals surface area contributed by atoms with Gasteiger partial charge >= 0.3 is 0 Å². The van der Waals surface area contributed by atoms with Crippen molar-refractivity contribution < 1.29 is 9.84 Å². The number of hydrogen-bond acceptors (Lipinski definition) is 3. The van der Waals surface area contributed by atoms with Gasteiger partial charge < -0.3 is 14.7 Å². The third-order valence-electron chi connectivity index (χ3n) is 4.44. The van der Waals surface area contributed by atoms with E-state index in [9.17, 15) is 5.11 Å². The lowest BCUT2D eigenvalue weighted by atomic mass is 9.62. The predicted octanol–water partition coefficient (Wildman–Crippen LogP) is 2.77. The molecule has 3 nitrogen and oxygen atoms in total. The van der Waals surface area contributed by atoms with Gasteiger partial charge in [-0.2, -0.15) is 0 Å². The van der Waals surface area contributed by atoms with E-state index in [2.05, 4.69) is 38.1 Å². The van der Waals surface area contributed by atoms with E-state index in [1.165, 1.54) is 17.5 Å². The second-order valence-electron chi connectivity index (χ2n) is 5.99. The van der Waals surface area contributed by atoms with E-state index in [1.807, 2.05) is 6.07 Å². The Kier molecular flexibility index (Phi) is 4.16. The maximum Gasteiger partial charge on any atom is 0.123 e. The summed E-state index contributed by atoms with van der Waals surface area (Å²) in [6.45, 7) is 2.34. The van der Waals surface area contributed by atoms with E-state index in [1.54, 1.807) is 7.11 Å². The molecule has 106 valence electrons. The number of aliphatic hydroxyl groups is 1. The highest BCUT2D eigenvalue weighted by atomic mass is 16.5. The molecule has 0 aromatic heterocycles. The van der Waals surface area contributed by atoms with Gasteiger partial charge in [0.15, 0.2) is 0 Å². The zero-order valence-corrected chi connectivity index (χ0v) is 12.4. The minimum absolute atomic E-state index is 0.00935. The molecule has 1 unspecified atom stereocenters. The summed E-state index contributed by atoms with van der Waals surface area (Å²) in [4.78, 5) is 2.21. The van der Waals surface area contributed by atoms with Gasteiger partial charge in [-0.25, -0.2) is 0 Å². The average molecular weight is 263 g/mol. The molecule has 0 aliphatic heterocycles. The third-order valence-corrected chi connectivity index (χ3v) is 4.44. The molecule has 0 amide bonds. The Morgan fingerprint density at radius 3 is 2.47 bits per heavy atom. The second kappa shape index (κ2) is 5.51. The monoisotopic (exact) mass is 263 g/mol. The molecule has 0 spiro atoms. The SMILES string of the molecule is COc1ccc(C)cc1C(N(C)C)C1(CO)CCC1. The highest BCUT2D eigenvalue weighted by Gasteiger charge is 2.46. The molecule has 1 aliphatic rings. The van der Waals surface area contributed by atoms with Crippen molar-refractivity contribution in [1.29, 1.82) is 0 Å². The van der Waals surface area contributed by atoms with Crippen LogP contribution < -0.4 is 4.74 Å². The topological polar surface area (TPSA) is 32.7 Å². The maximum atomic E-state index is 9.88. The number of methoxy groups -OCH3 is 1. The van der Waals surface area contributed by atoms with Crippen LogP contribution in [0.4, 0.5) is 0 Å². The lowest BCUT2D eigenvalue weighted by Crippen LogP contribution is -2.45. The lowest BCUT2D eigenvalue weighted by Gasteiger charge is -2.49. The number of aryl methyl sites for hydroxylation is 1. The first-order valence-corrected chi connectivity index (χ1v) is 6.96. The Hall–Kier alpha value is -1.06. The quantitative estimate of drug-likeness (QED) is 0.886. The highest BCUT2D eigenvalue weighted by molar-refractivity contribution is 5.40. The molecular weight excluding hydrogens is 238 g/mol. The van der Waals surface area contributed by atoms with Gasteiger partial charge in [-0.15, -0.1) is 0 Å². The van der Waals surface area contributed by atoms with Gasteiger partial charge in [0.2, 0.25) is 0 Å². The first kappa shape index (κ1) is 14.4. The van der Waals surface area contributed by atoms with Crippen molar-refractivity contribution in [2.45, 2.75) is 32.2 Å². The largest absolute Gasteiger partial charge is 0.496 e. The van der Waals surface area contributed by atoms with Crippen LogP contribution in [0.1, 0.15) is 36.4 Å². The van der Waals surface area contributed by atoms with Crippen LogP contribution in [-0.2, 0) is 0 Å². The molecule has 1 fully saturated rings. The van der Waals surface area contributed by atoms with Crippen LogP contribution >= 0.6 is 0 Å². The first-order chi connectivity index (χ1) is 9.04. The maximum absolute atomic E-state index is 9.88. The normalized spacial score (nSPS) is 19.1. The Balaban J connectivity index is 2.47. The molecule has 1 N–H and O–H groups in total. The fourth-order valence-corrected chi connectivity index (χ4v) is 3.37. The van der Waals surface area contributed by atoms with Crippen LogP contribution in [0.2, 0.25) is 0 Å². The molecule has 3 heteroatoms. The van der Waals surface area contributed by atoms with Gasteiger partial charge in [0, 0.05) is 17.0 Å². The van der Waals surface area contributed by atoms with Gasteiger partial charge in [0.25, 0.3) is 0 Å². The van der Waals surface area contributed by atoms with Crippen LogP contribution in [0.15, 0.2) is 18.2 Å². The minimum Gasteiger partial charge on any atom is -0.496 e. The van der Waals surface area contributed by atoms with Crippen molar-refractivity contribution in [2.75, 3.05) is 27.8 Å². The van der Waals surface area contributed by atoms with Crippen LogP contribution in [0.25, 0.3) is 0 Å². The predicted molar refractivity (Wildman–Crippen MR) is 77.5 cm³/mol. The summed E-state index contributed by atoms with van der Waals surface area (Å²) in [5, 5.41) is 9.88. The van der Waals surface area contributed by atoms with Gasteiger partial charge in [-0.1, -0.05) is 24.1 Å². The lowest BCUT2D eigenvalue weighted by molar-refractivity contribution is -0.0316. The van der Waals surface area contributed by atoms with Crippen molar-refractivity contribution in [1.82, 2.24) is 4.90 Å². The molecule has 2 rings (SSSR count). The Morgan fingerprint density at radius 2 is 2.05 bits per heavy atom. The third kappa shape index (κ3) is 2.49. The van der Waals surface area contributed by atoms with Crippen molar-refractivity contribution in [3.05, 3.63) is 29.3 Å². The van der Waals surface area contributed by atoms with Gasteiger partial charge in [0.05, 0.1) is 13.7 Å². The summed E-state index contributed by atoms with van der Waals surface area (Å²) in [5.74, 6) is 0.920. The number of benzene rings is 1. The average Bonchev–Trinajstić information content (AvgIpc) is 2.33. The van der Waals surface area contributed by atoms with Crippen molar-refractivity contribution >= 4 is 0 Å². The van der Waals surface area contributed by atoms with Crippen LogP contribution in [0, 0.1) is 12.3 Å². The smallest absolute Gasteiger partial charge is 0.123 e. The van der Waals surface area contributed by atoms with Gasteiger partial charge in [-0.05, 0) is 39.9 Å². The van der Waals surface area contributed by atoms with Gasteiger partial charge in [0.1, 0.15) is 5.75 Å². The molecule has 1 aromatic carbocycles. The molecule has 1 saturated carbocycles. The van der Waals surface area contributed by atoms with E-state index < -0.39 is 0 Å². The van der Waals surface area contributed by atoms with Crippen molar-refractivity contribution in [2.24, 2.45) is 5.41 Å². The van der Waals surface area contributed by atoms with Crippen LogP contribution in [0.3, 0.4) is 0 Å². The number of ether oxygens (including phenoxy) is 1. The summed E-state index contributed by atoms with van der Waals surface area (Å²) in [5.41, 5.74) is 2.42. The molecule has 0 heterocycles. The first-order valence-electron chi connectivity index (χ1n) is 6.96. The molecule has 0 bridgehead atoms. The Labute approximate surface area is 116 Å². The molecule has 0 radical (unpaired) electrons. The summed E-state index contributed by atoms with van der Waals surface area (Å²) in [7, 11) is 5.89. The van der Waals surface area contributed by atoms with Crippen molar-refractivity contribution in [3.8, 4) is 5.75 Å². The zero-order chi connectivity index (χ0) is 14.0. The highest BCUT2D eigenvalue weighted by Crippen LogP contribution is 2.53. The van der Waals surface area contributed by atoms with Crippen molar-refractivity contribution in [3.63, 3.8) is 0 Å². The zero-order valence-electron chi connectivity index (χ0n) is 12.4. The van der Waals surface area contributed by atoms with E-state index in [0.717, 1.165) is 18.6 Å². The molecule has 1 aliphatic carbocycles. The fraction of sp³-hybridized carbons (Fsp3) is 0.625. The number of hydrogen-bond donors (Lipinski definition) is 1. The number of nitrogens with zero attached hydrogens (tertiary/aromatic N) is 1. The summed E-state index contributed by atoms with van der Waals surface area (Å²) in [6.07, 6.45) is 3.38. The minimum atomic E-state index is -0.00935. The molecular formula is C16H25NO2. The molecule has 1 aromatic rings. The summed E-state index contributed by atoms with van der Waals surface area (Å²) >= 11 is 0. The van der Waals surface area contributed by atoms with E-state index in [4.69, 9.17) is 4.74 Å². The Morgan fingerprint density at radius 1 is 1.37 bits per heavy atom. The van der Waals surface area contributed by atoms with Gasteiger partial charge in [-0.3, -0.25) is 0 Å².